The highest BCUT2D eigenvalue weighted by molar-refractivity contribution is 6.01. The third-order valence-corrected chi connectivity index (χ3v) is 3.06. The zero-order chi connectivity index (χ0) is 15.9. The molecule has 0 saturated carbocycles. The van der Waals surface area contributed by atoms with Crippen molar-refractivity contribution in [2.75, 3.05) is 5.32 Å². The van der Waals surface area contributed by atoms with E-state index in [1.54, 1.807) is 30.3 Å². The minimum Gasteiger partial charge on any atom is -0.467 e. The molecule has 0 unspecified atom stereocenters. The summed E-state index contributed by atoms with van der Waals surface area (Å²) in [6.07, 6.45) is 1.09. The molecule has 22 heavy (non-hydrogen) atoms. The van der Waals surface area contributed by atoms with Gasteiger partial charge in [-0.2, -0.15) is 5.26 Å². The molecule has 112 valence electrons. The van der Waals surface area contributed by atoms with E-state index in [2.05, 4.69) is 5.32 Å². The Hall–Kier alpha value is -3.07. The molecule has 2 rings (SSSR count). The van der Waals surface area contributed by atoms with Crippen molar-refractivity contribution in [2.45, 2.75) is 19.9 Å². The van der Waals surface area contributed by atoms with Crippen LogP contribution >= 0.6 is 0 Å². The number of anilines is 1. The van der Waals surface area contributed by atoms with Crippen LogP contribution in [-0.4, -0.2) is 16.8 Å². The number of nitrogens with one attached hydrogen (secondary N) is 1. The number of rotatable bonds is 4. The van der Waals surface area contributed by atoms with E-state index in [9.17, 15) is 9.59 Å². The molecule has 0 aliphatic carbocycles. The summed E-state index contributed by atoms with van der Waals surface area (Å²) in [4.78, 5) is 25.3. The maximum Gasteiger partial charge on any atom is 0.328 e. The summed E-state index contributed by atoms with van der Waals surface area (Å²) < 4.78 is 5.16. The van der Waals surface area contributed by atoms with Crippen LogP contribution in [0.3, 0.4) is 0 Å². The molecular weight excluding hydrogens is 282 g/mol. The molecule has 6 heteroatoms. The van der Waals surface area contributed by atoms with Crippen LogP contribution in [0.4, 0.5) is 10.5 Å². The van der Waals surface area contributed by atoms with Crippen molar-refractivity contribution in [3.8, 4) is 6.07 Å². The molecule has 0 aliphatic heterocycles. The highest BCUT2D eigenvalue weighted by Crippen LogP contribution is 2.15. The van der Waals surface area contributed by atoms with Crippen molar-refractivity contribution >= 4 is 17.6 Å². The zero-order valence-corrected chi connectivity index (χ0v) is 12.1. The summed E-state index contributed by atoms with van der Waals surface area (Å²) in [5.41, 5.74) is 1.49. The smallest absolute Gasteiger partial charge is 0.328 e. The molecule has 0 fully saturated rings. The molecule has 0 radical (unpaired) electrons. The number of imide groups is 1. The molecular formula is C16H15N3O3. The zero-order valence-electron chi connectivity index (χ0n) is 12.1. The Bertz CT molecular complexity index is 702. The lowest BCUT2D eigenvalue weighted by Crippen LogP contribution is -2.39. The number of para-hydroxylation sites is 1. The van der Waals surface area contributed by atoms with Crippen molar-refractivity contribution in [1.29, 1.82) is 5.26 Å². The van der Waals surface area contributed by atoms with Crippen LogP contribution in [0.15, 0.2) is 47.1 Å². The fraction of sp³-hybridized carbons (Fsp3) is 0.188. The van der Waals surface area contributed by atoms with E-state index in [0.29, 0.717) is 11.4 Å². The molecule has 1 aromatic heterocycles. The summed E-state index contributed by atoms with van der Waals surface area (Å²) in [6.45, 7) is 1.83. The van der Waals surface area contributed by atoms with Crippen molar-refractivity contribution in [3.05, 3.63) is 54.0 Å². The van der Waals surface area contributed by atoms with Gasteiger partial charge < -0.3 is 9.73 Å². The van der Waals surface area contributed by atoms with E-state index >= 15 is 0 Å². The average molecular weight is 297 g/mol. The Labute approximate surface area is 127 Å². The molecule has 1 heterocycles. The Balaban J connectivity index is 2.17. The van der Waals surface area contributed by atoms with Gasteiger partial charge in [0, 0.05) is 5.69 Å². The molecule has 2 aromatic rings. The number of amides is 3. The van der Waals surface area contributed by atoms with Crippen molar-refractivity contribution in [3.63, 3.8) is 0 Å². The number of hydrogen-bond donors (Lipinski definition) is 1. The second kappa shape index (κ2) is 7.09. The summed E-state index contributed by atoms with van der Waals surface area (Å²) in [5.74, 6) is -0.115. The standard InChI is InChI=1S/C16H15N3O3/c1-12-5-2-3-7-14(12)18-16(21)19(15(20)8-9-17)11-13-6-4-10-22-13/h2-7,10H,8,11H2,1H3,(H,18,21). The quantitative estimate of drug-likeness (QED) is 0.939. The normalized spacial score (nSPS) is 9.82. The van der Waals surface area contributed by atoms with Gasteiger partial charge in [-0.15, -0.1) is 0 Å². The van der Waals surface area contributed by atoms with Crippen LogP contribution in [0.2, 0.25) is 0 Å². The predicted octanol–water partition coefficient (Wildman–Crippen LogP) is 3.06. The third-order valence-electron chi connectivity index (χ3n) is 3.06. The first kappa shape index (κ1) is 15.3. The van der Waals surface area contributed by atoms with Crippen molar-refractivity contribution in [1.82, 2.24) is 4.90 Å². The van der Waals surface area contributed by atoms with Crippen LogP contribution in [-0.2, 0) is 11.3 Å². The third kappa shape index (κ3) is 3.73. The van der Waals surface area contributed by atoms with Crippen LogP contribution < -0.4 is 5.32 Å². The Morgan fingerprint density at radius 3 is 2.68 bits per heavy atom. The van der Waals surface area contributed by atoms with Gasteiger partial charge in [0.1, 0.15) is 12.2 Å². The molecule has 0 bridgehead atoms. The van der Waals surface area contributed by atoms with Gasteiger partial charge in [-0.3, -0.25) is 9.69 Å². The monoisotopic (exact) mass is 297 g/mol. The van der Waals surface area contributed by atoms with Gasteiger partial charge in [-0.05, 0) is 30.7 Å². The van der Waals surface area contributed by atoms with E-state index in [1.165, 1.54) is 6.26 Å². The van der Waals surface area contributed by atoms with E-state index < -0.39 is 11.9 Å². The highest BCUT2D eigenvalue weighted by Gasteiger charge is 2.23. The van der Waals surface area contributed by atoms with E-state index in [1.807, 2.05) is 19.1 Å². The lowest BCUT2D eigenvalue weighted by molar-refractivity contribution is -0.127. The number of carbonyl (C=O) groups is 2. The summed E-state index contributed by atoms with van der Waals surface area (Å²) in [7, 11) is 0. The number of nitrogens with zero attached hydrogens (tertiary/aromatic N) is 2. The summed E-state index contributed by atoms with van der Waals surface area (Å²) in [5, 5.41) is 11.4. The maximum atomic E-state index is 12.4. The molecule has 0 aliphatic rings. The average Bonchev–Trinajstić information content (AvgIpc) is 3.00. The minimum atomic E-state index is -0.592. The van der Waals surface area contributed by atoms with Gasteiger partial charge in [0.15, 0.2) is 0 Å². The van der Waals surface area contributed by atoms with Gasteiger partial charge in [0.2, 0.25) is 5.91 Å². The Kier molecular flexibility index (Phi) is 4.94. The second-order valence-electron chi connectivity index (χ2n) is 4.64. The fourth-order valence-corrected chi connectivity index (χ4v) is 1.89. The van der Waals surface area contributed by atoms with Gasteiger partial charge in [-0.25, -0.2) is 4.79 Å². The lowest BCUT2D eigenvalue weighted by atomic mass is 10.2. The van der Waals surface area contributed by atoms with E-state index in [-0.39, 0.29) is 13.0 Å². The minimum absolute atomic E-state index is 0.0226. The number of benzene rings is 1. The second-order valence-corrected chi connectivity index (χ2v) is 4.64. The Morgan fingerprint density at radius 1 is 1.27 bits per heavy atom. The molecule has 1 N–H and O–H groups in total. The number of carbonyl (C=O) groups excluding carboxylic acids is 2. The van der Waals surface area contributed by atoms with Crippen molar-refractivity contribution < 1.29 is 14.0 Å². The van der Waals surface area contributed by atoms with Crippen LogP contribution in [0.1, 0.15) is 17.7 Å². The molecule has 3 amide bonds. The predicted molar refractivity (Wildman–Crippen MR) is 79.7 cm³/mol. The molecule has 6 nitrogen and oxygen atoms in total. The molecule has 0 spiro atoms. The van der Waals surface area contributed by atoms with E-state index in [4.69, 9.17) is 9.68 Å². The first-order chi connectivity index (χ1) is 10.6. The first-order valence-electron chi connectivity index (χ1n) is 6.68. The molecule has 1 aromatic carbocycles. The van der Waals surface area contributed by atoms with Crippen molar-refractivity contribution in [2.24, 2.45) is 0 Å². The van der Waals surface area contributed by atoms with Crippen LogP contribution in [0.5, 0.6) is 0 Å². The number of hydrogen-bond acceptors (Lipinski definition) is 4. The van der Waals surface area contributed by atoms with Gasteiger partial charge >= 0.3 is 6.03 Å². The van der Waals surface area contributed by atoms with Gasteiger partial charge in [0.25, 0.3) is 0 Å². The van der Waals surface area contributed by atoms with E-state index in [0.717, 1.165) is 10.5 Å². The highest BCUT2D eigenvalue weighted by atomic mass is 16.3. The molecule has 0 saturated heterocycles. The van der Waals surface area contributed by atoms with Gasteiger partial charge in [0.05, 0.1) is 18.9 Å². The summed E-state index contributed by atoms with van der Waals surface area (Å²) >= 11 is 0. The first-order valence-corrected chi connectivity index (χ1v) is 6.68. The van der Waals surface area contributed by atoms with Crippen LogP contribution in [0, 0.1) is 18.3 Å². The van der Waals surface area contributed by atoms with Crippen LogP contribution in [0.25, 0.3) is 0 Å². The number of furan rings is 1. The number of aryl methyl sites for hydroxylation is 1. The largest absolute Gasteiger partial charge is 0.467 e. The Morgan fingerprint density at radius 2 is 2.05 bits per heavy atom. The SMILES string of the molecule is Cc1ccccc1NC(=O)N(Cc1ccco1)C(=O)CC#N. The molecule has 0 atom stereocenters. The topological polar surface area (TPSA) is 86.3 Å². The maximum absolute atomic E-state index is 12.4. The number of nitriles is 1. The van der Waals surface area contributed by atoms with Gasteiger partial charge in [-0.1, -0.05) is 18.2 Å². The summed E-state index contributed by atoms with van der Waals surface area (Å²) in [6, 6.07) is 11.7. The lowest BCUT2D eigenvalue weighted by Gasteiger charge is -2.20. The fourth-order valence-electron chi connectivity index (χ4n) is 1.89. The number of urea groups is 1.